The first-order valence-corrected chi connectivity index (χ1v) is 6.35. The van der Waals surface area contributed by atoms with Crippen molar-refractivity contribution in [1.82, 2.24) is 5.32 Å². The number of nitrogens with one attached hydrogen (secondary N) is 1. The monoisotopic (exact) mass is 248 g/mol. The number of halogens is 1. The van der Waals surface area contributed by atoms with Crippen LogP contribution in [0.2, 0.25) is 0 Å². The Morgan fingerprint density at radius 2 is 2.17 bits per heavy atom. The molecule has 0 aliphatic carbocycles. The Bertz CT molecular complexity index is 421. The molecule has 3 heteroatoms. The van der Waals surface area contributed by atoms with Gasteiger partial charge in [-0.25, -0.2) is 4.39 Å². The average Bonchev–Trinajstić information content (AvgIpc) is 2.34. The zero-order valence-electron chi connectivity index (χ0n) is 11.3. The summed E-state index contributed by atoms with van der Waals surface area (Å²) in [6.45, 7) is 6.75. The van der Waals surface area contributed by atoms with Crippen LogP contribution >= 0.6 is 0 Å². The second-order valence-corrected chi connectivity index (χ2v) is 5.33. The third-order valence-electron chi connectivity index (χ3n) is 3.08. The molecule has 1 rings (SSSR count). The number of nitriles is 1. The number of nitrogens with zero attached hydrogens (tertiary/aromatic N) is 1. The number of rotatable bonds is 6. The lowest BCUT2D eigenvalue weighted by molar-refractivity contribution is 0.417. The number of hydrogen-bond acceptors (Lipinski definition) is 2. The van der Waals surface area contributed by atoms with E-state index in [1.165, 1.54) is 6.07 Å². The van der Waals surface area contributed by atoms with Gasteiger partial charge in [0, 0.05) is 6.04 Å². The lowest BCUT2D eigenvalue weighted by atomic mass is 9.90. The van der Waals surface area contributed by atoms with Gasteiger partial charge in [0.1, 0.15) is 5.82 Å². The molecule has 2 nitrogen and oxygen atoms in total. The first-order valence-electron chi connectivity index (χ1n) is 6.35. The van der Waals surface area contributed by atoms with E-state index >= 15 is 0 Å². The highest BCUT2D eigenvalue weighted by atomic mass is 19.1. The van der Waals surface area contributed by atoms with Gasteiger partial charge in [0.05, 0.1) is 11.5 Å². The zero-order valence-corrected chi connectivity index (χ0v) is 11.3. The summed E-state index contributed by atoms with van der Waals surface area (Å²) in [5.41, 5.74) is 0.693. The van der Waals surface area contributed by atoms with Crippen molar-refractivity contribution in [2.75, 3.05) is 6.54 Å². The van der Waals surface area contributed by atoms with Gasteiger partial charge in [-0.1, -0.05) is 12.1 Å². The fourth-order valence-corrected chi connectivity index (χ4v) is 1.80. The van der Waals surface area contributed by atoms with Gasteiger partial charge < -0.3 is 5.32 Å². The summed E-state index contributed by atoms with van der Waals surface area (Å²) in [6, 6.07) is 9.06. The SMILES string of the molecule is C[C@@H](NCCCC(C)(C)C#N)c1cccc(F)c1. The fraction of sp³-hybridized carbons (Fsp3) is 0.533. The average molecular weight is 248 g/mol. The largest absolute Gasteiger partial charge is 0.310 e. The van der Waals surface area contributed by atoms with Crippen LogP contribution in [-0.4, -0.2) is 6.54 Å². The summed E-state index contributed by atoms with van der Waals surface area (Å²) in [5, 5.41) is 12.2. The molecule has 1 aromatic rings. The van der Waals surface area contributed by atoms with Crippen molar-refractivity contribution in [1.29, 1.82) is 5.26 Å². The molecule has 0 fully saturated rings. The lowest BCUT2D eigenvalue weighted by Crippen LogP contribution is -2.21. The first-order chi connectivity index (χ1) is 8.44. The maximum absolute atomic E-state index is 13.1. The highest BCUT2D eigenvalue weighted by molar-refractivity contribution is 5.19. The van der Waals surface area contributed by atoms with Crippen LogP contribution in [-0.2, 0) is 0 Å². The van der Waals surface area contributed by atoms with E-state index < -0.39 is 0 Å². The van der Waals surface area contributed by atoms with Gasteiger partial charge in [0.15, 0.2) is 0 Å². The molecule has 0 radical (unpaired) electrons. The van der Waals surface area contributed by atoms with Gasteiger partial charge in [0.25, 0.3) is 0 Å². The van der Waals surface area contributed by atoms with Crippen LogP contribution in [0.15, 0.2) is 24.3 Å². The summed E-state index contributed by atoms with van der Waals surface area (Å²) < 4.78 is 13.1. The molecule has 0 bridgehead atoms. The van der Waals surface area contributed by atoms with Crippen LogP contribution in [0.4, 0.5) is 4.39 Å². The molecule has 0 amide bonds. The Morgan fingerprint density at radius 3 is 2.78 bits per heavy atom. The first kappa shape index (κ1) is 14.7. The molecule has 1 atom stereocenters. The van der Waals surface area contributed by atoms with E-state index in [4.69, 9.17) is 5.26 Å². The van der Waals surface area contributed by atoms with Crippen LogP contribution in [0.1, 0.15) is 45.2 Å². The highest BCUT2D eigenvalue weighted by Gasteiger charge is 2.15. The molecule has 1 aromatic carbocycles. The van der Waals surface area contributed by atoms with E-state index in [9.17, 15) is 4.39 Å². The predicted molar refractivity (Wildman–Crippen MR) is 71.4 cm³/mol. The minimum atomic E-state index is -0.260. The quantitative estimate of drug-likeness (QED) is 0.777. The summed E-state index contributed by atoms with van der Waals surface area (Å²) in [6.07, 6.45) is 1.81. The molecule has 1 N–H and O–H groups in total. The summed E-state index contributed by atoms with van der Waals surface area (Å²) in [7, 11) is 0. The highest BCUT2D eigenvalue weighted by Crippen LogP contribution is 2.20. The van der Waals surface area contributed by atoms with Crippen molar-refractivity contribution in [3.05, 3.63) is 35.6 Å². The van der Waals surface area contributed by atoms with Crippen LogP contribution in [0, 0.1) is 22.6 Å². The van der Waals surface area contributed by atoms with Crippen LogP contribution in [0.5, 0.6) is 0 Å². The van der Waals surface area contributed by atoms with Gasteiger partial charge in [0.2, 0.25) is 0 Å². The molecule has 0 spiro atoms. The van der Waals surface area contributed by atoms with E-state index in [0.29, 0.717) is 0 Å². The summed E-state index contributed by atoms with van der Waals surface area (Å²) in [5.74, 6) is -0.202. The number of benzene rings is 1. The molecule has 98 valence electrons. The Hall–Kier alpha value is -1.40. The second-order valence-electron chi connectivity index (χ2n) is 5.33. The Labute approximate surface area is 109 Å². The molecule has 18 heavy (non-hydrogen) atoms. The van der Waals surface area contributed by atoms with Crippen LogP contribution in [0.25, 0.3) is 0 Å². The van der Waals surface area contributed by atoms with Gasteiger partial charge in [-0.15, -0.1) is 0 Å². The van der Waals surface area contributed by atoms with E-state index in [1.54, 1.807) is 12.1 Å². The van der Waals surface area contributed by atoms with Crippen molar-refractivity contribution in [2.24, 2.45) is 5.41 Å². The van der Waals surface area contributed by atoms with Crippen LogP contribution < -0.4 is 5.32 Å². The topological polar surface area (TPSA) is 35.8 Å². The van der Waals surface area contributed by atoms with Crippen molar-refractivity contribution >= 4 is 0 Å². The maximum atomic E-state index is 13.1. The molecule has 0 aliphatic heterocycles. The Kier molecular flexibility index (Phi) is 5.30. The zero-order chi connectivity index (χ0) is 13.6. The minimum absolute atomic E-state index is 0.130. The number of hydrogen-bond donors (Lipinski definition) is 1. The molecule has 0 aromatic heterocycles. The van der Waals surface area contributed by atoms with Gasteiger partial charge >= 0.3 is 0 Å². The van der Waals surface area contributed by atoms with E-state index in [1.807, 2.05) is 26.8 Å². The second kappa shape index (κ2) is 6.51. The molecular formula is C15H21FN2. The van der Waals surface area contributed by atoms with Gasteiger partial charge in [-0.3, -0.25) is 0 Å². The third-order valence-corrected chi connectivity index (χ3v) is 3.08. The molecule has 0 aliphatic rings. The summed E-state index contributed by atoms with van der Waals surface area (Å²) in [4.78, 5) is 0. The molecular weight excluding hydrogens is 227 g/mol. The normalized spacial score (nSPS) is 13.1. The summed E-state index contributed by atoms with van der Waals surface area (Å²) >= 11 is 0. The van der Waals surface area contributed by atoms with Gasteiger partial charge in [-0.2, -0.15) is 5.26 Å². The predicted octanol–water partition coefficient (Wildman–Crippen LogP) is 3.81. The molecule has 0 unspecified atom stereocenters. The lowest BCUT2D eigenvalue weighted by Gasteiger charge is -2.17. The smallest absolute Gasteiger partial charge is 0.123 e. The van der Waals surface area contributed by atoms with E-state index in [2.05, 4.69) is 11.4 Å². The standard InChI is InChI=1S/C15H21FN2/c1-12(13-6-4-7-14(16)10-13)18-9-5-8-15(2,3)11-17/h4,6-7,10,12,18H,5,8-9H2,1-3H3/t12-/m1/s1. The van der Waals surface area contributed by atoms with Crippen molar-refractivity contribution in [2.45, 2.75) is 39.7 Å². The molecule has 0 saturated carbocycles. The fourth-order valence-electron chi connectivity index (χ4n) is 1.80. The molecule has 0 saturated heterocycles. The Morgan fingerprint density at radius 1 is 1.44 bits per heavy atom. The molecule has 0 heterocycles. The van der Waals surface area contributed by atoms with Crippen molar-refractivity contribution < 1.29 is 4.39 Å². The van der Waals surface area contributed by atoms with E-state index in [0.717, 1.165) is 24.9 Å². The van der Waals surface area contributed by atoms with E-state index in [-0.39, 0.29) is 17.3 Å². The van der Waals surface area contributed by atoms with Gasteiger partial charge in [-0.05, 0) is 57.9 Å². The maximum Gasteiger partial charge on any atom is 0.123 e. The minimum Gasteiger partial charge on any atom is -0.310 e. The van der Waals surface area contributed by atoms with Crippen LogP contribution in [0.3, 0.4) is 0 Å². The Balaban J connectivity index is 2.34. The van der Waals surface area contributed by atoms with Crippen molar-refractivity contribution in [3.63, 3.8) is 0 Å². The third kappa shape index (κ3) is 4.85. The van der Waals surface area contributed by atoms with Crippen molar-refractivity contribution in [3.8, 4) is 6.07 Å².